The average molecular weight is 263 g/mol. The molecule has 0 bridgehead atoms. The van der Waals surface area contributed by atoms with E-state index in [1.807, 2.05) is 18.2 Å². The van der Waals surface area contributed by atoms with Gasteiger partial charge >= 0.3 is 5.84 Å². The van der Waals surface area contributed by atoms with Crippen LogP contribution in [-0.2, 0) is 0 Å². The standard InChI is InChI=1S/C12H13N3O2S/c1-3-9-18-11-8-6-5-7-10(11)13-14-12(4-2)15(16)17/h1,5-8,13H,4,9H2,2H3/b14-12-. The third kappa shape index (κ3) is 4.11. The number of nitrogens with zero attached hydrogens (tertiary/aromatic N) is 2. The molecule has 0 aliphatic heterocycles. The van der Waals surface area contributed by atoms with E-state index in [-0.39, 0.29) is 12.3 Å². The molecule has 1 N–H and O–H groups in total. The number of thioether (sulfide) groups is 1. The maximum Gasteiger partial charge on any atom is 0.363 e. The summed E-state index contributed by atoms with van der Waals surface area (Å²) in [6, 6.07) is 7.39. The van der Waals surface area contributed by atoms with Crippen molar-refractivity contribution in [3.8, 4) is 12.3 Å². The Hall–Kier alpha value is -2.00. The maximum absolute atomic E-state index is 10.6. The summed E-state index contributed by atoms with van der Waals surface area (Å²) in [5, 5.41) is 14.4. The van der Waals surface area contributed by atoms with Gasteiger partial charge in [-0.2, -0.15) is 5.43 Å². The van der Waals surface area contributed by atoms with Crippen LogP contribution in [0.15, 0.2) is 34.3 Å². The highest BCUT2D eigenvalue weighted by molar-refractivity contribution is 7.99. The largest absolute Gasteiger partial charge is 0.363 e. The Bertz CT molecular complexity index is 494. The van der Waals surface area contributed by atoms with Crippen molar-refractivity contribution in [2.75, 3.05) is 11.2 Å². The SMILES string of the molecule is C#CCSc1ccccc1N/N=C(/CC)[N+](=O)[O-]. The first-order chi connectivity index (χ1) is 8.69. The fourth-order valence-corrected chi connectivity index (χ4v) is 1.86. The van der Waals surface area contributed by atoms with Crippen LogP contribution in [0.4, 0.5) is 5.69 Å². The van der Waals surface area contributed by atoms with Crippen molar-refractivity contribution in [3.63, 3.8) is 0 Å². The van der Waals surface area contributed by atoms with Crippen LogP contribution >= 0.6 is 11.8 Å². The van der Waals surface area contributed by atoms with E-state index in [0.29, 0.717) is 11.4 Å². The Morgan fingerprint density at radius 1 is 1.61 bits per heavy atom. The zero-order valence-corrected chi connectivity index (χ0v) is 10.7. The van der Waals surface area contributed by atoms with Gasteiger partial charge in [-0.25, -0.2) is 0 Å². The second-order valence-corrected chi connectivity index (χ2v) is 4.26. The zero-order chi connectivity index (χ0) is 13.4. The molecule has 1 aromatic rings. The molecule has 1 rings (SSSR count). The van der Waals surface area contributed by atoms with Crippen LogP contribution in [0.2, 0.25) is 0 Å². The Morgan fingerprint density at radius 2 is 2.33 bits per heavy atom. The van der Waals surface area contributed by atoms with Crippen molar-refractivity contribution < 1.29 is 4.92 Å². The third-order valence-electron chi connectivity index (χ3n) is 2.03. The molecule has 0 aromatic heterocycles. The first-order valence-corrected chi connectivity index (χ1v) is 6.29. The number of hydrogen-bond acceptors (Lipinski definition) is 5. The number of hydrogen-bond donors (Lipinski definition) is 1. The average Bonchev–Trinajstić information content (AvgIpc) is 2.38. The van der Waals surface area contributed by atoms with E-state index in [0.717, 1.165) is 4.90 Å². The summed E-state index contributed by atoms with van der Waals surface area (Å²) in [4.78, 5) is 11.0. The van der Waals surface area contributed by atoms with Crippen LogP contribution in [0.25, 0.3) is 0 Å². The predicted octanol–water partition coefficient (Wildman–Crippen LogP) is 2.82. The summed E-state index contributed by atoms with van der Waals surface area (Å²) in [6.45, 7) is 1.68. The van der Waals surface area contributed by atoms with Gasteiger partial charge in [0.1, 0.15) is 0 Å². The van der Waals surface area contributed by atoms with E-state index in [1.165, 1.54) is 11.8 Å². The molecular weight excluding hydrogens is 250 g/mol. The smallest absolute Gasteiger partial charge is 0.358 e. The Balaban J connectivity index is 2.84. The van der Waals surface area contributed by atoms with Gasteiger partial charge in [0, 0.05) is 4.90 Å². The summed E-state index contributed by atoms with van der Waals surface area (Å²) in [7, 11) is 0. The molecule has 18 heavy (non-hydrogen) atoms. The van der Waals surface area contributed by atoms with Crippen LogP contribution in [-0.4, -0.2) is 16.5 Å². The van der Waals surface area contributed by atoms with E-state index < -0.39 is 4.92 Å². The minimum atomic E-state index is -0.496. The number of amidine groups is 1. The number of nitro groups is 1. The lowest BCUT2D eigenvalue weighted by Crippen LogP contribution is -2.12. The molecule has 94 valence electrons. The number of hydrazone groups is 1. The van der Waals surface area contributed by atoms with E-state index in [2.05, 4.69) is 16.4 Å². The minimum Gasteiger partial charge on any atom is -0.358 e. The van der Waals surface area contributed by atoms with Gasteiger partial charge in [-0.1, -0.05) is 25.0 Å². The Kier molecular flexibility index (Phi) is 5.74. The highest BCUT2D eigenvalue weighted by atomic mass is 32.2. The first-order valence-electron chi connectivity index (χ1n) is 5.31. The molecule has 0 aliphatic rings. The van der Waals surface area contributed by atoms with Gasteiger partial charge in [0.2, 0.25) is 0 Å². The van der Waals surface area contributed by atoms with Crippen LogP contribution in [0.5, 0.6) is 0 Å². The second-order valence-electron chi connectivity index (χ2n) is 3.24. The molecule has 0 saturated heterocycles. The lowest BCUT2D eigenvalue weighted by atomic mass is 10.3. The third-order valence-corrected chi connectivity index (χ3v) is 3.01. The van der Waals surface area contributed by atoms with Gasteiger partial charge < -0.3 is 10.1 Å². The molecule has 0 radical (unpaired) electrons. The highest BCUT2D eigenvalue weighted by Gasteiger charge is 2.10. The van der Waals surface area contributed by atoms with Crippen LogP contribution in [0, 0.1) is 22.5 Å². The van der Waals surface area contributed by atoms with Gasteiger partial charge in [-0.05, 0) is 17.1 Å². The van der Waals surface area contributed by atoms with E-state index in [9.17, 15) is 10.1 Å². The van der Waals surface area contributed by atoms with Crippen molar-refractivity contribution in [3.05, 3.63) is 34.4 Å². The topological polar surface area (TPSA) is 67.5 Å². The molecule has 0 amide bonds. The van der Waals surface area contributed by atoms with E-state index in [4.69, 9.17) is 6.42 Å². The van der Waals surface area contributed by atoms with Gasteiger partial charge in [0.15, 0.2) is 0 Å². The zero-order valence-electron chi connectivity index (χ0n) is 9.92. The van der Waals surface area contributed by atoms with E-state index >= 15 is 0 Å². The molecule has 0 spiro atoms. The molecule has 5 nitrogen and oxygen atoms in total. The van der Waals surface area contributed by atoms with Gasteiger partial charge in [0.05, 0.1) is 23.0 Å². The van der Waals surface area contributed by atoms with Gasteiger partial charge in [0.25, 0.3) is 0 Å². The number of anilines is 1. The number of benzene rings is 1. The van der Waals surface area contributed by atoms with Crippen LogP contribution < -0.4 is 5.43 Å². The number of para-hydroxylation sites is 1. The molecule has 0 saturated carbocycles. The molecule has 0 atom stereocenters. The number of terminal acetylenes is 1. The molecular formula is C12H13N3O2S. The summed E-state index contributed by atoms with van der Waals surface area (Å²) in [6.07, 6.45) is 5.47. The summed E-state index contributed by atoms with van der Waals surface area (Å²) in [5.74, 6) is 2.96. The lowest BCUT2D eigenvalue weighted by Gasteiger charge is -2.03. The predicted molar refractivity (Wildman–Crippen MR) is 74.3 cm³/mol. The minimum absolute atomic E-state index is 0.105. The number of nitrogens with one attached hydrogen (secondary N) is 1. The summed E-state index contributed by atoms with van der Waals surface area (Å²) < 4.78 is 0. The second kappa shape index (κ2) is 7.35. The lowest BCUT2D eigenvalue weighted by molar-refractivity contribution is -0.353. The maximum atomic E-state index is 10.6. The quantitative estimate of drug-likeness (QED) is 0.221. The highest BCUT2D eigenvalue weighted by Crippen LogP contribution is 2.26. The van der Waals surface area contributed by atoms with Gasteiger partial charge in [-0.3, -0.25) is 0 Å². The van der Waals surface area contributed by atoms with Crippen molar-refractivity contribution in [2.24, 2.45) is 5.10 Å². The monoisotopic (exact) mass is 263 g/mol. The summed E-state index contributed by atoms with van der Waals surface area (Å²) >= 11 is 1.48. The fraction of sp³-hybridized carbons (Fsp3) is 0.250. The van der Waals surface area contributed by atoms with Crippen LogP contribution in [0.1, 0.15) is 13.3 Å². The first kappa shape index (κ1) is 14.1. The summed E-state index contributed by atoms with van der Waals surface area (Å²) in [5.41, 5.74) is 3.42. The Labute approximate surface area is 110 Å². The molecule has 0 unspecified atom stereocenters. The molecule has 0 heterocycles. The van der Waals surface area contributed by atoms with E-state index in [1.54, 1.807) is 13.0 Å². The molecule has 6 heteroatoms. The van der Waals surface area contributed by atoms with Crippen molar-refractivity contribution in [2.45, 2.75) is 18.2 Å². The van der Waals surface area contributed by atoms with Gasteiger partial charge in [-0.15, -0.1) is 18.2 Å². The molecule has 1 aromatic carbocycles. The van der Waals surface area contributed by atoms with Crippen molar-refractivity contribution >= 4 is 23.3 Å². The normalized spacial score (nSPS) is 10.8. The molecule has 0 fully saturated rings. The Morgan fingerprint density at radius 3 is 2.94 bits per heavy atom. The van der Waals surface area contributed by atoms with Crippen molar-refractivity contribution in [1.82, 2.24) is 0 Å². The molecule has 0 aliphatic carbocycles. The van der Waals surface area contributed by atoms with Crippen molar-refractivity contribution in [1.29, 1.82) is 0 Å². The van der Waals surface area contributed by atoms with Crippen LogP contribution in [0.3, 0.4) is 0 Å². The fourth-order valence-electron chi connectivity index (χ4n) is 1.18. The number of rotatable bonds is 5.